The normalized spacial score (nSPS) is 10.7. The second kappa shape index (κ2) is 7.86. The van der Waals surface area contributed by atoms with Crippen molar-refractivity contribution in [2.24, 2.45) is 0 Å². The van der Waals surface area contributed by atoms with Crippen LogP contribution in [0, 0.1) is 11.3 Å². The fourth-order valence-corrected chi connectivity index (χ4v) is 3.18. The SMILES string of the molecule is N#Cc1ccc2ncc(CNc3ccc(SCCCO)cc3)n2c1. The highest BCUT2D eigenvalue weighted by atomic mass is 32.2. The van der Waals surface area contributed by atoms with Gasteiger partial charge in [-0.2, -0.15) is 5.26 Å². The van der Waals surface area contributed by atoms with E-state index >= 15 is 0 Å². The van der Waals surface area contributed by atoms with Crippen LogP contribution in [0.1, 0.15) is 17.7 Å². The Kier molecular flexibility index (Phi) is 5.36. The Morgan fingerprint density at radius 2 is 2.04 bits per heavy atom. The summed E-state index contributed by atoms with van der Waals surface area (Å²) in [6, 6.07) is 14.0. The lowest BCUT2D eigenvalue weighted by Crippen LogP contribution is -2.02. The molecule has 3 aromatic rings. The quantitative estimate of drug-likeness (QED) is 0.511. The number of pyridine rings is 1. The largest absolute Gasteiger partial charge is 0.396 e. The summed E-state index contributed by atoms with van der Waals surface area (Å²) in [4.78, 5) is 5.55. The lowest BCUT2D eigenvalue weighted by Gasteiger charge is -2.08. The molecule has 0 aliphatic carbocycles. The molecule has 0 aliphatic heterocycles. The van der Waals surface area contributed by atoms with Gasteiger partial charge in [-0.3, -0.25) is 0 Å². The van der Waals surface area contributed by atoms with E-state index in [1.54, 1.807) is 24.0 Å². The molecule has 122 valence electrons. The molecule has 2 N–H and O–H groups in total. The van der Waals surface area contributed by atoms with Crippen molar-refractivity contribution in [3.8, 4) is 6.07 Å². The number of anilines is 1. The average molecular weight is 338 g/mol. The van der Waals surface area contributed by atoms with Crippen molar-refractivity contribution in [2.75, 3.05) is 17.7 Å². The van der Waals surface area contributed by atoms with Gasteiger partial charge in [0.15, 0.2) is 0 Å². The fraction of sp³-hybridized carbons (Fsp3) is 0.222. The molecule has 1 aromatic carbocycles. The van der Waals surface area contributed by atoms with Crippen molar-refractivity contribution >= 4 is 23.1 Å². The number of aliphatic hydroxyl groups is 1. The van der Waals surface area contributed by atoms with E-state index in [9.17, 15) is 0 Å². The number of fused-ring (bicyclic) bond motifs is 1. The summed E-state index contributed by atoms with van der Waals surface area (Å²) in [5, 5.41) is 21.2. The number of imidazole rings is 1. The Labute approximate surface area is 145 Å². The minimum atomic E-state index is 0.236. The molecule has 6 heteroatoms. The predicted octanol–water partition coefficient (Wildman–Crippen LogP) is 3.29. The van der Waals surface area contributed by atoms with Gasteiger partial charge in [-0.15, -0.1) is 11.8 Å². The van der Waals surface area contributed by atoms with E-state index in [-0.39, 0.29) is 6.61 Å². The van der Waals surface area contributed by atoms with Crippen molar-refractivity contribution in [3.63, 3.8) is 0 Å². The number of nitrogens with zero attached hydrogens (tertiary/aromatic N) is 3. The first-order valence-corrected chi connectivity index (χ1v) is 8.72. The monoisotopic (exact) mass is 338 g/mol. The van der Waals surface area contributed by atoms with E-state index in [4.69, 9.17) is 10.4 Å². The lowest BCUT2D eigenvalue weighted by atomic mass is 10.3. The number of aromatic nitrogens is 2. The molecule has 2 aromatic heterocycles. The van der Waals surface area contributed by atoms with Gasteiger partial charge in [0.1, 0.15) is 11.7 Å². The molecule has 0 aliphatic rings. The van der Waals surface area contributed by atoms with Crippen molar-refractivity contribution in [3.05, 3.63) is 60.0 Å². The third-order valence-corrected chi connectivity index (χ3v) is 4.71. The van der Waals surface area contributed by atoms with Crippen molar-refractivity contribution in [1.29, 1.82) is 5.26 Å². The van der Waals surface area contributed by atoms with Gasteiger partial charge in [-0.25, -0.2) is 4.98 Å². The molecule has 3 rings (SSSR count). The second-order valence-electron chi connectivity index (χ2n) is 5.31. The van der Waals surface area contributed by atoms with Gasteiger partial charge in [0.05, 0.1) is 24.0 Å². The number of nitrogens with one attached hydrogen (secondary N) is 1. The van der Waals surface area contributed by atoms with Crippen LogP contribution in [0.4, 0.5) is 5.69 Å². The zero-order valence-electron chi connectivity index (χ0n) is 13.1. The number of thioether (sulfide) groups is 1. The molecule has 24 heavy (non-hydrogen) atoms. The minimum absolute atomic E-state index is 0.236. The van der Waals surface area contributed by atoms with Crippen LogP contribution in [0.15, 0.2) is 53.7 Å². The van der Waals surface area contributed by atoms with Crippen LogP contribution in [0.5, 0.6) is 0 Å². The van der Waals surface area contributed by atoms with E-state index in [2.05, 4.69) is 28.5 Å². The molecule has 0 saturated carbocycles. The Morgan fingerprint density at radius 1 is 1.21 bits per heavy atom. The molecule has 0 spiro atoms. The molecule has 0 saturated heterocycles. The molecular formula is C18H18N4OS. The molecule has 0 radical (unpaired) electrons. The highest BCUT2D eigenvalue weighted by molar-refractivity contribution is 7.99. The Balaban J connectivity index is 1.64. The van der Waals surface area contributed by atoms with Gasteiger partial charge in [0, 0.05) is 29.1 Å². The fourth-order valence-electron chi connectivity index (χ4n) is 2.34. The van der Waals surface area contributed by atoms with Crippen LogP contribution >= 0.6 is 11.8 Å². The van der Waals surface area contributed by atoms with Gasteiger partial charge in [-0.1, -0.05) is 0 Å². The molecule has 2 heterocycles. The van der Waals surface area contributed by atoms with Gasteiger partial charge >= 0.3 is 0 Å². The van der Waals surface area contributed by atoms with Crippen molar-refractivity contribution in [1.82, 2.24) is 9.38 Å². The van der Waals surface area contributed by atoms with Crippen LogP contribution in [-0.2, 0) is 6.54 Å². The second-order valence-corrected chi connectivity index (χ2v) is 6.48. The smallest absolute Gasteiger partial charge is 0.137 e. The molecule has 0 bridgehead atoms. The first-order valence-electron chi connectivity index (χ1n) is 7.74. The Bertz CT molecular complexity index is 852. The summed E-state index contributed by atoms with van der Waals surface area (Å²) < 4.78 is 1.94. The first-order chi connectivity index (χ1) is 11.8. The van der Waals surface area contributed by atoms with Crippen LogP contribution in [0.3, 0.4) is 0 Å². The molecule has 0 unspecified atom stereocenters. The Hall–Kier alpha value is -2.49. The molecule has 0 atom stereocenters. The van der Waals surface area contributed by atoms with Gasteiger partial charge in [0.2, 0.25) is 0 Å². The number of nitriles is 1. The summed E-state index contributed by atoms with van der Waals surface area (Å²) in [5.41, 5.74) is 3.49. The third kappa shape index (κ3) is 3.88. The van der Waals surface area contributed by atoms with E-state index < -0.39 is 0 Å². The van der Waals surface area contributed by atoms with Crippen LogP contribution < -0.4 is 5.32 Å². The summed E-state index contributed by atoms with van der Waals surface area (Å²) in [6.07, 6.45) is 4.44. The summed E-state index contributed by atoms with van der Waals surface area (Å²) in [6.45, 7) is 0.868. The summed E-state index contributed by atoms with van der Waals surface area (Å²) >= 11 is 1.74. The standard InChI is InChI=1S/C18H18N4OS/c19-10-14-2-7-18-21-12-16(22(18)13-14)11-20-15-3-5-17(6-4-15)24-9-1-8-23/h2-7,12-13,20,23H,1,8-9,11H2. The maximum absolute atomic E-state index is 9.02. The minimum Gasteiger partial charge on any atom is -0.396 e. The topological polar surface area (TPSA) is 73.3 Å². The number of benzene rings is 1. The zero-order valence-corrected chi connectivity index (χ0v) is 14.0. The highest BCUT2D eigenvalue weighted by Crippen LogP contribution is 2.21. The lowest BCUT2D eigenvalue weighted by molar-refractivity contribution is 0.296. The molecule has 5 nitrogen and oxygen atoms in total. The highest BCUT2D eigenvalue weighted by Gasteiger charge is 2.04. The number of hydrogen-bond donors (Lipinski definition) is 2. The third-order valence-electron chi connectivity index (χ3n) is 3.61. The molecule has 0 fully saturated rings. The molecular weight excluding hydrogens is 320 g/mol. The summed E-state index contributed by atoms with van der Waals surface area (Å²) in [5.74, 6) is 0.923. The number of rotatable bonds is 7. The van der Waals surface area contributed by atoms with Crippen LogP contribution in [0.2, 0.25) is 0 Å². The predicted molar refractivity (Wildman–Crippen MR) is 96.1 cm³/mol. The first kappa shape index (κ1) is 16.4. The number of hydrogen-bond acceptors (Lipinski definition) is 5. The Morgan fingerprint density at radius 3 is 2.79 bits per heavy atom. The summed E-state index contributed by atoms with van der Waals surface area (Å²) in [7, 11) is 0. The van der Waals surface area contributed by atoms with Crippen molar-refractivity contribution in [2.45, 2.75) is 17.9 Å². The van der Waals surface area contributed by atoms with E-state index in [0.29, 0.717) is 12.1 Å². The number of aliphatic hydroxyl groups excluding tert-OH is 1. The van der Waals surface area contributed by atoms with Crippen molar-refractivity contribution < 1.29 is 5.11 Å². The van der Waals surface area contributed by atoms with E-state index in [1.807, 2.05) is 28.8 Å². The van der Waals surface area contributed by atoms with Gasteiger partial charge in [-0.05, 0) is 42.8 Å². The van der Waals surface area contributed by atoms with E-state index in [0.717, 1.165) is 29.2 Å². The maximum Gasteiger partial charge on any atom is 0.137 e. The van der Waals surface area contributed by atoms with Gasteiger partial charge < -0.3 is 14.8 Å². The van der Waals surface area contributed by atoms with Crippen LogP contribution in [0.25, 0.3) is 5.65 Å². The maximum atomic E-state index is 9.02. The zero-order chi connectivity index (χ0) is 16.8. The molecule has 0 amide bonds. The average Bonchev–Trinajstić information content (AvgIpc) is 3.03. The van der Waals surface area contributed by atoms with Gasteiger partial charge in [0.25, 0.3) is 0 Å². The van der Waals surface area contributed by atoms with E-state index in [1.165, 1.54) is 4.90 Å². The van der Waals surface area contributed by atoms with Crippen LogP contribution in [-0.4, -0.2) is 26.9 Å².